The minimum Gasteiger partial charge on any atom is -0.497 e. The summed E-state index contributed by atoms with van der Waals surface area (Å²) < 4.78 is 5.34. The molecule has 2 amide bonds. The Kier molecular flexibility index (Phi) is 9.10. The van der Waals surface area contributed by atoms with Gasteiger partial charge in [0.25, 0.3) is 0 Å². The molecule has 1 N–H and O–H groups in total. The summed E-state index contributed by atoms with van der Waals surface area (Å²) in [6.45, 7) is 10.4. The van der Waals surface area contributed by atoms with Gasteiger partial charge in [-0.2, -0.15) is 0 Å². The number of benzene rings is 2. The lowest BCUT2D eigenvalue weighted by molar-refractivity contribution is -0.141. The number of hydrogen-bond acceptors (Lipinski definition) is 3. The molecule has 2 aromatic rings. The average molecular weight is 425 g/mol. The minimum atomic E-state index is -0.530. The van der Waals surface area contributed by atoms with Gasteiger partial charge in [-0.3, -0.25) is 9.59 Å². The Labute approximate surface area is 186 Å². The highest BCUT2D eigenvalue weighted by Gasteiger charge is 2.29. The molecule has 0 radical (unpaired) electrons. The van der Waals surface area contributed by atoms with Crippen LogP contribution in [0.25, 0.3) is 0 Å². The van der Waals surface area contributed by atoms with E-state index in [9.17, 15) is 9.59 Å². The maximum absolute atomic E-state index is 13.5. The van der Waals surface area contributed by atoms with E-state index in [0.29, 0.717) is 13.0 Å². The number of hydrogen-bond donors (Lipinski definition) is 1. The maximum Gasteiger partial charge on any atom is 0.243 e. The Hall–Kier alpha value is -2.82. The van der Waals surface area contributed by atoms with Crippen LogP contribution in [0.15, 0.2) is 42.5 Å². The van der Waals surface area contributed by atoms with Gasteiger partial charge in [0.15, 0.2) is 0 Å². The number of methoxy groups -OCH3 is 1. The topological polar surface area (TPSA) is 58.6 Å². The minimum absolute atomic E-state index is 0.0531. The zero-order valence-electron chi connectivity index (χ0n) is 19.7. The van der Waals surface area contributed by atoms with Crippen molar-refractivity contribution in [3.05, 3.63) is 64.7 Å². The second kappa shape index (κ2) is 11.5. The maximum atomic E-state index is 13.5. The van der Waals surface area contributed by atoms with Crippen LogP contribution in [-0.4, -0.2) is 35.9 Å². The van der Waals surface area contributed by atoms with Gasteiger partial charge >= 0.3 is 0 Å². The van der Waals surface area contributed by atoms with E-state index in [2.05, 4.69) is 11.4 Å². The van der Waals surface area contributed by atoms with Crippen LogP contribution in [0.1, 0.15) is 55.9 Å². The number of carbonyl (C=O) groups is 2. The number of aryl methyl sites for hydroxylation is 2. The van der Waals surface area contributed by atoms with Gasteiger partial charge in [-0.25, -0.2) is 0 Å². The van der Waals surface area contributed by atoms with E-state index in [1.165, 1.54) is 0 Å². The Bertz CT molecular complexity index is 894. The number of amides is 2. The smallest absolute Gasteiger partial charge is 0.243 e. The fourth-order valence-corrected chi connectivity index (χ4v) is 3.58. The number of ether oxygens (including phenoxy) is 1. The first kappa shape index (κ1) is 24.4. The van der Waals surface area contributed by atoms with Gasteiger partial charge in [0.1, 0.15) is 11.8 Å². The normalized spacial score (nSPS) is 12.7. The van der Waals surface area contributed by atoms with Crippen LogP contribution in [-0.2, 0) is 22.6 Å². The summed E-state index contributed by atoms with van der Waals surface area (Å²) in [6.07, 6.45) is 1.66. The molecule has 0 bridgehead atoms. The van der Waals surface area contributed by atoms with Crippen molar-refractivity contribution in [2.75, 3.05) is 7.11 Å². The van der Waals surface area contributed by atoms with Gasteiger partial charge in [-0.1, -0.05) is 49.7 Å². The van der Waals surface area contributed by atoms with Crippen LogP contribution in [0.2, 0.25) is 0 Å². The van der Waals surface area contributed by atoms with Crippen LogP contribution < -0.4 is 10.1 Å². The van der Waals surface area contributed by atoms with Gasteiger partial charge < -0.3 is 15.0 Å². The summed E-state index contributed by atoms with van der Waals surface area (Å²) in [7, 11) is 1.62. The molecule has 5 nitrogen and oxygen atoms in total. The molecule has 0 unspecified atom stereocenters. The van der Waals surface area contributed by atoms with Crippen molar-refractivity contribution in [3.8, 4) is 5.75 Å². The third-order valence-electron chi connectivity index (χ3n) is 5.72. The number of nitrogens with one attached hydrogen (secondary N) is 1. The van der Waals surface area contributed by atoms with Gasteiger partial charge in [0.2, 0.25) is 11.8 Å². The molecule has 0 heterocycles. The van der Waals surface area contributed by atoms with Crippen molar-refractivity contribution in [2.45, 2.75) is 72.5 Å². The highest BCUT2D eigenvalue weighted by molar-refractivity contribution is 5.88. The molecule has 0 aliphatic carbocycles. The second-order valence-electron chi connectivity index (χ2n) is 8.22. The first-order valence-electron chi connectivity index (χ1n) is 11.1. The predicted octanol–water partition coefficient (Wildman–Crippen LogP) is 4.58. The Balaban J connectivity index is 2.35. The summed E-state index contributed by atoms with van der Waals surface area (Å²) in [5.74, 6) is 0.577. The molecule has 0 aromatic heterocycles. The Morgan fingerprint density at radius 1 is 1.06 bits per heavy atom. The van der Waals surface area contributed by atoms with E-state index in [1.807, 2.05) is 71.0 Å². The van der Waals surface area contributed by atoms with Gasteiger partial charge in [0, 0.05) is 12.6 Å². The highest BCUT2D eigenvalue weighted by Crippen LogP contribution is 2.20. The van der Waals surface area contributed by atoms with E-state index in [4.69, 9.17) is 4.74 Å². The number of rotatable bonds is 10. The standard InChI is InChI=1S/C26H36N2O3/c1-7-20(5)27-26(30)24(8-2)28(17-21-10-9-11-23(15-21)31-6)25(29)16-22-14-18(3)12-13-19(22)4/h9-15,20,24H,7-8,16-17H2,1-6H3,(H,27,30)/t20-,24-/m1/s1. The summed E-state index contributed by atoms with van der Waals surface area (Å²) in [5, 5.41) is 3.05. The van der Waals surface area contributed by atoms with E-state index < -0.39 is 6.04 Å². The Morgan fingerprint density at radius 3 is 2.45 bits per heavy atom. The summed E-state index contributed by atoms with van der Waals surface area (Å²) in [4.78, 5) is 28.3. The molecule has 0 aliphatic heterocycles. The lowest BCUT2D eigenvalue weighted by Crippen LogP contribution is -2.51. The molecule has 5 heteroatoms. The molecule has 2 rings (SSSR count). The van der Waals surface area contributed by atoms with Crippen LogP contribution in [0.4, 0.5) is 0 Å². The van der Waals surface area contributed by atoms with Crippen LogP contribution >= 0.6 is 0 Å². The zero-order chi connectivity index (χ0) is 23.0. The SMILES string of the molecule is CC[C@@H](C)NC(=O)[C@@H](CC)N(Cc1cccc(OC)c1)C(=O)Cc1cc(C)ccc1C. The van der Waals surface area contributed by atoms with Crippen LogP contribution in [0.5, 0.6) is 5.75 Å². The van der Waals surface area contributed by atoms with Crippen LogP contribution in [0, 0.1) is 13.8 Å². The van der Waals surface area contributed by atoms with Crippen molar-refractivity contribution in [1.82, 2.24) is 10.2 Å². The van der Waals surface area contributed by atoms with E-state index in [-0.39, 0.29) is 24.3 Å². The van der Waals surface area contributed by atoms with Crippen molar-refractivity contribution in [1.29, 1.82) is 0 Å². The van der Waals surface area contributed by atoms with Crippen LogP contribution in [0.3, 0.4) is 0 Å². The third kappa shape index (κ3) is 6.84. The lowest BCUT2D eigenvalue weighted by atomic mass is 10.0. The monoisotopic (exact) mass is 424 g/mol. The number of carbonyl (C=O) groups excluding carboxylic acids is 2. The van der Waals surface area contributed by atoms with Crippen molar-refractivity contribution < 1.29 is 14.3 Å². The fraction of sp³-hybridized carbons (Fsp3) is 0.462. The molecule has 0 spiro atoms. The third-order valence-corrected chi connectivity index (χ3v) is 5.72. The first-order valence-corrected chi connectivity index (χ1v) is 11.1. The molecular formula is C26H36N2O3. The fourth-order valence-electron chi connectivity index (χ4n) is 3.58. The van der Waals surface area contributed by atoms with E-state index >= 15 is 0 Å². The lowest BCUT2D eigenvalue weighted by Gasteiger charge is -2.32. The second-order valence-corrected chi connectivity index (χ2v) is 8.22. The average Bonchev–Trinajstić information content (AvgIpc) is 2.76. The quantitative estimate of drug-likeness (QED) is 0.607. The Morgan fingerprint density at radius 2 is 1.81 bits per heavy atom. The zero-order valence-corrected chi connectivity index (χ0v) is 19.7. The summed E-state index contributed by atoms with van der Waals surface area (Å²) in [6, 6.07) is 13.3. The summed E-state index contributed by atoms with van der Waals surface area (Å²) >= 11 is 0. The molecule has 0 saturated carbocycles. The predicted molar refractivity (Wildman–Crippen MR) is 125 cm³/mol. The van der Waals surface area contributed by atoms with E-state index in [1.54, 1.807) is 12.0 Å². The largest absolute Gasteiger partial charge is 0.497 e. The molecule has 2 aromatic carbocycles. The van der Waals surface area contributed by atoms with Gasteiger partial charge in [-0.15, -0.1) is 0 Å². The first-order chi connectivity index (χ1) is 14.8. The molecule has 2 atom stereocenters. The molecule has 31 heavy (non-hydrogen) atoms. The van der Waals surface area contributed by atoms with Crippen molar-refractivity contribution >= 4 is 11.8 Å². The van der Waals surface area contributed by atoms with Gasteiger partial charge in [-0.05, 0) is 62.4 Å². The van der Waals surface area contributed by atoms with Gasteiger partial charge in [0.05, 0.1) is 13.5 Å². The highest BCUT2D eigenvalue weighted by atomic mass is 16.5. The molecule has 0 aliphatic rings. The van der Waals surface area contributed by atoms with E-state index in [0.717, 1.165) is 34.4 Å². The van der Waals surface area contributed by atoms with Crippen molar-refractivity contribution in [3.63, 3.8) is 0 Å². The molecule has 0 fully saturated rings. The molecule has 0 saturated heterocycles. The summed E-state index contributed by atoms with van der Waals surface area (Å²) in [5.41, 5.74) is 4.13. The molecular weight excluding hydrogens is 388 g/mol. The van der Waals surface area contributed by atoms with Crippen molar-refractivity contribution in [2.24, 2.45) is 0 Å². The number of nitrogens with zero attached hydrogens (tertiary/aromatic N) is 1. The molecule has 168 valence electrons.